The molecule has 0 atom stereocenters. The number of imide groups is 2. The van der Waals surface area contributed by atoms with Crippen LogP contribution in [0.25, 0.3) is 17.4 Å². The zero-order valence-corrected chi connectivity index (χ0v) is 22.4. The highest BCUT2D eigenvalue weighted by molar-refractivity contribution is 9.10. The predicted molar refractivity (Wildman–Crippen MR) is 147 cm³/mol. The number of nitrogens with zero attached hydrogens (tertiary/aromatic N) is 1. The van der Waals surface area contributed by atoms with Gasteiger partial charge in [-0.05, 0) is 110 Å². The van der Waals surface area contributed by atoms with Crippen molar-refractivity contribution in [2.75, 3.05) is 4.90 Å². The Bertz CT molecular complexity index is 1470. The van der Waals surface area contributed by atoms with Crippen molar-refractivity contribution in [3.8, 4) is 11.3 Å². The number of benzene rings is 2. The summed E-state index contributed by atoms with van der Waals surface area (Å²) >= 11 is 3.45. The molecule has 1 aromatic heterocycles. The first-order chi connectivity index (χ1) is 18.4. The number of nitrogens with one attached hydrogen (secondary N) is 1. The lowest BCUT2D eigenvalue weighted by Crippen LogP contribution is -2.54. The molecule has 38 heavy (non-hydrogen) atoms. The van der Waals surface area contributed by atoms with Gasteiger partial charge in [-0.1, -0.05) is 40.2 Å². The number of hydrogen-bond donors (Lipinski definition) is 1. The van der Waals surface area contributed by atoms with Gasteiger partial charge in [0.15, 0.2) is 0 Å². The number of carbonyl (C=O) groups excluding carboxylic acids is 3. The lowest BCUT2D eigenvalue weighted by Gasteiger charge is -2.57. The van der Waals surface area contributed by atoms with Crippen LogP contribution in [-0.2, 0) is 15.0 Å². The van der Waals surface area contributed by atoms with Crippen LogP contribution >= 0.6 is 15.9 Å². The normalized spacial score (nSPS) is 29.3. The molecule has 5 aliphatic rings. The van der Waals surface area contributed by atoms with E-state index in [0.29, 0.717) is 17.2 Å². The maximum absolute atomic E-state index is 13.4. The molecule has 0 spiro atoms. The van der Waals surface area contributed by atoms with E-state index in [2.05, 4.69) is 33.4 Å². The number of rotatable bonds is 4. The van der Waals surface area contributed by atoms with E-state index >= 15 is 0 Å². The minimum absolute atomic E-state index is 0.148. The Labute approximate surface area is 229 Å². The standard InChI is InChI=1S/C31H27BrN2O4/c32-23-3-1-2-21(13-23)27-9-8-25(38-27)14-26-28(35)33-30(37)34(29(26)36)24-6-4-22(5-7-24)31-15-18-10-19(16-31)12-20(11-18)17-31/h1-9,13-14,18-20H,10-12,15-17H2,(H,33,35,37)/b26-14+. The molecular weight excluding hydrogens is 544 g/mol. The number of barbiturate groups is 1. The minimum Gasteiger partial charge on any atom is -0.457 e. The molecule has 1 N–H and O–H groups in total. The Hall–Kier alpha value is -3.45. The summed E-state index contributed by atoms with van der Waals surface area (Å²) in [5, 5.41) is 2.31. The maximum Gasteiger partial charge on any atom is 0.335 e. The van der Waals surface area contributed by atoms with Crippen molar-refractivity contribution in [2.24, 2.45) is 17.8 Å². The Morgan fingerprint density at radius 3 is 2.24 bits per heavy atom. The van der Waals surface area contributed by atoms with E-state index in [1.54, 1.807) is 12.1 Å². The summed E-state index contributed by atoms with van der Waals surface area (Å²) < 4.78 is 6.81. The second-order valence-corrected chi connectivity index (χ2v) is 12.3. The molecule has 4 aliphatic carbocycles. The van der Waals surface area contributed by atoms with Gasteiger partial charge in [0.05, 0.1) is 5.69 Å². The fraction of sp³-hybridized carbons (Fsp3) is 0.323. The lowest BCUT2D eigenvalue weighted by molar-refractivity contribution is -0.122. The molecule has 4 saturated carbocycles. The number of hydrogen-bond acceptors (Lipinski definition) is 4. The highest BCUT2D eigenvalue weighted by atomic mass is 79.9. The van der Waals surface area contributed by atoms with Crippen LogP contribution in [0.15, 0.2) is 75.1 Å². The van der Waals surface area contributed by atoms with Crippen molar-refractivity contribution in [1.82, 2.24) is 5.32 Å². The van der Waals surface area contributed by atoms with Gasteiger partial charge in [-0.3, -0.25) is 14.9 Å². The Kier molecular flexibility index (Phi) is 5.48. The minimum atomic E-state index is -0.742. The fourth-order valence-electron chi connectivity index (χ4n) is 7.69. The highest BCUT2D eigenvalue weighted by Gasteiger charge is 2.51. The van der Waals surface area contributed by atoms with Gasteiger partial charge in [-0.2, -0.15) is 0 Å². The predicted octanol–water partition coefficient (Wildman–Crippen LogP) is 6.84. The molecule has 1 saturated heterocycles. The van der Waals surface area contributed by atoms with Crippen molar-refractivity contribution in [3.05, 3.63) is 82.0 Å². The third kappa shape index (κ3) is 3.95. The van der Waals surface area contributed by atoms with Crippen LogP contribution in [0.3, 0.4) is 0 Å². The third-order valence-corrected chi connectivity index (χ3v) is 9.39. The van der Waals surface area contributed by atoms with Crippen LogP contribution in [0, 0.1) is 17.8 Å². The number of urea groups is 1. The quantitative estimate of drug-likeness (QED) is 0.275. The SMILES string of the molecule is O=C1NC(=O)N(c2ccc(C34CC5CC(CC(C5)C3)C4)cc2)C(=O)/C1=C/c1ccc(-c2cccc(Br)c2)o1. The van der Waals surface area contributed by atoms with E-state index in [1.165, 1.54) is 50.2 Å². The van der Waals surface area contributed by atoms with E-state index < -0.39 is 17.8 Å². The number of furan rings is 1. The second-order valence-electron chi connectivity index (χ2n) is 11.4. The zero-order chi connectivity index (χ0) is 26.0. The molecule has 8 rings (SSSR count). The molecule has 7 heteroatoms. The third-order valence-electron chi connectivity index (χ3n) is 8.90. The van der Waals surface area contributed by atoms with Gasteiger partial charge in [0.25, 0.3) is 11.8 Å². The highest BCUT2D eigenvalue weighted by Crippen LogP contribution is 2.60. The van der Waals surface area contributed by atoms with Gasteiger partial charge in [0.2, 0.25) is 0 Å². The van der Waals surface area contributed by atoms with E-state index in [0.717, 1.165) is 32.7 Å². The summed E-state index contributed by atoms with van der Waals surface area (Å²) in [5.41, 5.74) is 2.71. The van der Waals surface area contributed by atoms with Crippen LogP contribution in [0.2, 0.25) is 0 Å². The van der Waals surface area contributed by atoms with Gasteiger partial charge in [0, 0.05) is 10.0 Å². The summed E-state index contributed by atoms with van der Waals surface area (Å²) in [6, 6.07) is 18.2. The van der Waals surface area contributed by atoms with Gasteiger partial charge in [-0.25, -0.2) is 9.69 Å². The van der Waals surface area contributed by atoms with Crippen LogP contribution in [0.1, 0.15) is 49.8 Å². The van der Waals surface area contributed by atoms with Gasteiger partial charge in [0.1, 0.15) is 17.1 Å². The molecule has 0 radical (unpaired) electrons. The zero-order valence-electron chi connectivity index (χ0n) is 20.8. The molecule has 6 nitrogen and oxygen atoms in total. The van der Waals surface area contributed by atoms with Crippen LogP contribution in [0.5, 0.6) is 0 Å². The summed E-state index contributed by atoms with van der Waals surface area (Å²) in [5.74, 6) is 2.06. The number of halogens is 1. The molecule has 2 aromatic carbocycles. The number of anilines is 1. The molecule has 192 valence electrons. The lowest BCUT2D eigenvalue weighted by atomic mass is 9.48. The van der Waals surface area contributed by atoms with Gasteiger partial charge >= 0.3 is 6.03 Å². The summed E-state index contributed by atoms with van der Waals surface area (Å²) in [7, 11) is 0. The average molecular weight is 571 g/mol. The molecular formula is C31H27BrN2O4. The van der Waals surface area contributed by atoms with Crippen molar-refractivity contribution >= 4 is 45.5 Å². The number of carbonyl (C=O) groups is 3. The Balaban J connectivity index is 1.16. The molecule has 2 heterocycles. The number of amides is 4. The average Bonchev–Trinajstić information content (AvgIpc) is 3.35. The second kappa shape index (κ2) is 8.80. The fourth-order valence-corrected chi connectivity index (χ4v) is 8.09. The smallest absolute Gasteiger partial charge is 0.335 e. The monoisotopic (exact) mass is 570 g/mol. The molecule has 0 unspecified atom stereocenters. The maximum atomic E-state index is 13.4. The van der Waals surface area contributed by atoms with Gasteiger partial charge < -0.3 is 4.42 Å². The summed E-state index contributed by atoms with van der Waals surface area (Å²) in [6.07, 6.45) is 9.26. The van der Waals surface area contributed by atoms with Crippen molar-refractivity contribution < 1.29 is 18.8 Å². The van der Waals surface area contributed by atoms with E-state index in [9.17, 15) is 14.4 Å². The van der Waals surface area contributed by atoms with E-state index in [1.807, 2.05) is 36.4 Å². The van der Waals surface area contributed by atoms with E-state index in [-0.39, 0.29) is 11.0 Å². The van der Waals surface area contributed by atoms with Gasteiger partial charge in [-0.15, -0.1) is 0 Å². The Morgan fingerprint density at radius 1 is 0.895 bits per heavy atom. The van der Waals surface area contributed by atoms with Crippen molar-refractivity contribution in [2.45, 2.75) is 43.9 Å². The largest absolute Gasteiger partial charge is 0.457 e. The summed E-state index contributed by atoms with van der Waals surface area (Å²) in [6.45, 7) is 0. The van der Waals surface area contributed by atoms with Crippen LogP contribution < -0.4 is 10.2 Å². The Morgan fingerprint density at radius 2 is 1.58 bits per heavy atom. The molecule has 5 fully saturated rings. The first-order valence-corrected chi connectivity index (χ1v) is 14.0. The molecule has 3 aromatic rings. The van der Waals surface area contributed by atoms with E-state index in [4.69, 9.17) is 4.42 Å². The van der Waals surface area contributed by atoms with Crippen LogP contribution in [0.4, 0.5) is 10.5 Å². The van der Waals surface area contributed by atoms with Crippen molar-refractivity contribution in [3.63, 3.8) is 0 Å². The summed E-state index contributed by atoms with van der Waals surface area (Å²) in [4.78, 5) is 39.8. The molecule has 4 bridgehead atoms. The van der Waals surface area contributed by atoms with Crippen LogP contribution in [-0.4, -0.2) is 17.8 Å². The first-order valence-electron chi connectivity index (χ1n) is 13.2. The molecule has 1 aliphatic heterocycles. The molecule has 4 amide bonds. The first kappa shape index (κ1) is 23.7. The topological polar surface area (TPSA) is 79.6 Å². The van der Waals surface area contributed by atoms with Crippen molar-refractivity contribution in [1.29, 1.82) is 0 Å².